The minimum Gasteiger partial charge on any atom is -0.506 e. The number of aromatic hydroxyl groups is 2. The quantitative estimate of drug-likeness (QED) is 0.554. The molecule has 0 bridgehead atoms. The van der Waals surface area contributed by atoms with Gasteiger partial charge in [-0.1, -0.05) is 12.1 Å². The van der Waals surface area contributed by atoms with E-state index in [9.17, 15) is 24.6 Å². The van der Waals surface area contributed by atoms with Crippen molar-refractivity contribution in [1.82, 2.24) is 5.32 Å². The molecule has 8 nitrogen and oxygen atoms in total. The number of nitrogens with zero attached hydrogens (tertiary/aromatic N) is 1. The first kappa shape index (κ1) is 18.9. The topological polar surface area (TPSA) is 129 Å². The average Bonchev–Trinajstić information content (AvgIpc) is 2.52. The number of amides is 1. The van der Waals surface area contributed by atoms with Crippen LogP contribution in [0.5, 0.6) is 11.7 Å². The predicted molar refractivity (Wildman–Crippen MR) is 94.1 cm³/mol. The Hall–Kier alpha value is -3.42. The number of rotatable bonds is 5. The summed E-state index contributed by atoms with van der Waals surface area (Å²) in [5.74, 6) is -2.44. The first-order valence-corrected chi connectivity index (χ1v) is 7.69. The highest BCUT2D eigenvalue weighted by Gasteiger charge is 2.23. The van der Waals surface area contributed by atoms with E-state index in [4.69, 9.17) is 0 Å². The maximum absolute atomic E-state index is 12.0. The minimum absolute atomic E-state index is 0.107. The summed E-state index contributed by atoms with van der Waals surface area (Å²) in [6.07, 6.45) is 0. The summed E-state index contributed by atoms with van der Waals surface area (Å²) in [4.78, 5) is 38.8. The van der Waals surface area contributed by atoms with Gasteiger partial charge in [-0.15, -0.1) is 0 Å². The normalized spacial score (nSPS) is 11.3. The second-order valence-electron chi connectivity index (χ2n) is 5.63. The lowest BCUT2D eigenvalue weighted by atomic mass is 10.1. The average molecular weight is 358 g/mol. The molecule has 26 heavy (non-hydrogen) atoms. The molecule has 0 unspecified atom stereocenters. The van der Waals surface area contributed by atoms with Gasteiger partial charge in [0.05, 0.1) is 11.4 Å². The van der Waals surface area contributed by atoms with E-state index in [2.05, 4.69) is 14.7 Å². The zero-order valence-electron chi connectivity index (χ0n) is 14.5. The number of carbonyl (C=O) groups excluding carboxylic acids is 2. The number of Topliss-reactive ketones (excluding diaryl/α,β-unsaturated/α-hetero) is 1. The van der Waals surface area contributed by atoms with Gasteiger partial charge < -0.3 is 19.9 Å². The van der Waals surface area contributed by atoms with Gasteiger partial charge in [-0.2, -0.15) is 0 Å². The number of hydrogen-bond donors (Lipinski definition) is 3. The van der Waals surface area contributed by atoms with Crippen molar-refractivity contribution in [3.63, 3.8) is 0 Å². The molecule has 3 N–H and O–H groups in total. The highest BCUT2D eigenvalue weighted by molar-refractivity contribution is 6.07. The molecule has 1 aromatic heterocycles. The van der Waals surface area contributed by atoms with Crippen LogP contribution in [0.4, 0.5) is 5.69 Å². The molecule has 0 radical (unpaired) electrons. The summed E-state index contributed by atoms with van der Waals surface area (Å²) in [7, 11) is 0. The van der Waals surface area contributed by atoms with E-state index >= 15 is 0 Å². The molecule has 0 aliphatic carbocycles. The SMILES string of the molecule is CC(=O)NCc1cccc(N=C(C)c2c(O)c(C(C)=O)c(O)oc2=O)c1. The van der Waals surface area contributed by atoms with Crippen LogP contribution < -0.4 is 10.9 Å². The molecular weight excluding hydrogens is 340 g/mol. The fourth-order valence-corrected chi connectivity index (χ4v) is 2.36. The van der Waals surface area contributed by atoms with Gasteiger partial charge >= 0.3 is 5.63 Å². The van der Waals surface area contributed by atoms with Crippen molar-refractivity contribution in [2.45, 2.75) is 27.3 Å². The zero-order valence-corrected chi connectivity index (χ0v) is 14.5. The zero-order chi connectivity index (χ0) is 19.4. The van der Waals surface area contributed by atoms with Crippen molar-refractivity contribution in [3.05, 3.63) is 51.4 Å². The van der Waals surface area contributed by atoms with E-state index in [1.165, 1.54) is 13.8 Å². The van der Waals surface area contributed by atoms with E-state index < -0.39 is 28.7 Å². The van der Waals surface area contributed by atoms with Crippen LogP contribution in [0.2, 0.25) is 0 Å². The van der Waals surface area contributed by atoms with Crippen LogP contribution in [0.15, 0.2) is 38.5 Å². The lowest BCUT2D eigenvalue weighted by molar-refractivity contribution is -0.119. The lowest BCUT2D eigenvalue weighted by Gasteiger charge is -2.08. The third-order valence-corrected chi connectivity index (χ3v) is 3.54. The number of nitrogens with one attached hydrogen (secondary N) is 1. The third kappa shape index (κ3) is 4.15. The van der Waals surface area contributed by atoms with Crippen molar-refractivity contribution >= 4 is 23.1 Å². The standard InChI is InChI=1S/C18H18N2O6/c1-9(14-16(23)15(10(2)21)18(25)26-17(14)24)20-13-6-4-5-12(7-13)8-19-11(3)22/h4-7,23,25H,8H2,1-3H3,(H,19,22). The van der Waals surface area contributed by atoms with Crippen LogP contribution in [0, 0.1) is 0 Å². The second kappa shape index (κ2) is 7.64. The first-order valence-electron chi connectivity index (χ1n) is 7.69. The van der Waals surface area contributed by atoms with E-state index in [-0.39, 0.29) is 17.2 Å². The molecule has 0 saturated heterocycles. The molecule has 0 saturated carbocycles. The van der Waals surface area contributed by atoms with E-state index in [0.717, 1.165) is 12.5 Å². The molecule has 0 aliphatic heterocycles. The Bertz CT molecular complexity index is 959. The van der Waals surface area contributed by atoms with Crippen LogP contribution >= 0.6 is 0 Å². The number of aliphatic imine (C=N–C) groups is 1. The Morgan fingerprint density at radius 3 is 2.46 bits per heavy atom. The first-order chi connectivity index (χ1) is 12.2. The Balaban J connectivity index is 2.46. The smallest absolute Gasteiger partial charge is 0.351 e. The van der Waals surface area contributed by atoms with Crippen molar-refractivity contribution in [2.75, 3.05) is 0 Å². The predicted octanol–water partition coefficient (Wildman–Crippen LogP) is 2.03. The summed E-state index contributed by atoms with van der Waals surface area (Å²) >= 11 is 0. The summed E-state index contributed by atoms with van der Waals surface area (Å²) in [5.41, 5.74) is -0.424. The number of hydrogen-bond acceptors (Lipinski definition) is 7. The summed E-state index contributed by atoms with van der Waals surface area (Å²) in [6, 6.07) is 6.89. The summed E-state index contributed by atoms with van der Waals surface area (Å²) < 4.78 is 4.62. The molecule has 2 aromatic rings. The monoisotopic (exact) mass is 358 g/mol. The highest BCUT2D eigenvalue weighted by Crippen LogP contribution is 2.29. The van der Waals surface area contributed by atoms with Gasteiger partial charge in [0.25, 0.3) is 5.95 Å². The van der Waals surface area contributed by atoms with Gasteiger partial charge in [0.2, 0.25) is 5.91 Å². The molecule has 8 heteroatoms. The molecular formula is C18H18N2O6. The molecule has 1 aromatic carbocycles. The Labute approximate surface area is 148 Å². The van der Waals surface area contributed by atoms with Gasteiger partial charge in [-0.05, 0) is 31.5 Å². The fraction of sp³-hybridized carbons (Fsp3) is 0.222. The molecule has 1 heterocycles. The minimum atomic E-state index is -1.01. The van der Waals surface area contributed by atoms with Crippen LogP contribution in [0.1, 0.15) is 42.3 Å². The lowest BCUT2D eigenvalue weighted by Crippen LogP contribution is -2.18. The molecule has 1 amide bonds. The van der Waals surface area contributed by atoms with Crippen molar-refractivity contribution in [1.29, 1.82) is 0 Å². The Morgan fingerprint density at radius 2 is 1.85 bits per heavy atom. The highest BCUT2D eigenvalue weighted by atomic mass is 16.5. The Kier molecular flexibility index (Phi) is 5.56. The summed E-state index contributed by atoms with van der Waals surface area (Å²) in [6.45, 7) is 4.31. The van der Waals surface area contributed by atoms with Crippen LogP contribution in [-0.2, 0) is 11.3 Å². The summed E-state index contributed by atoms with van der Waals surface area (Å²) in [5, 5.41) is 22.4. The van der Waals surface area contributed by atoms with Crippen molar-refractivity contribution < 1.29 is 24.2 Å². The molecule has 0 spiro atoms. The van der Waals surface area contributed by atoms with Crippen molar-refractivity contribution in [3.8, 4) is 11.7 Å². The number of carbonyl (C=O) groups is 2. The van der Waals surface area contributed by atoms with Crippen molar-refractivity contribution in [2.24, 2.45) is 4.99 Å². The number of ketones is 1. The molecule has 2 rings (SSSR count). The van der Waals surface area contributed by atoms with E-state index in [1.54, 1.807) is 24.3 Å². The number of benzene rings is 1. The van der Waals surface area contributed by atoms with E-state index in [1.807, 2.05) is 0 Å². The van der Waals surface area contributed by atoms with Gasteiger partial charge in [0.1, 0.15) is 16.9 Å². The fourth-order valence-electron chi connectivity index (χ4n) is 2.36. The second-order valence-corrected chi connectivity index (χ2v) is 5.63. The maximum Gasteiger partial charge on any atom is 0.351 e. The van der Waals surface area contributed by atoms with Gasteiger partial charge in [-0.25, -0.2) is 4.79 Å². The maximum atomic E-state index is 12.0. The molecule has 0 atom stereocenters. The third-order valence-electron chi connectivity index (χ3n) is 3.54. The van der Waals surface area contributed by atoms with E-state index in [0.29, 0.717) is 12.2 Å². The largest absolute Gasteiger partial charge is 0.506 e. The van der Waals surface area contributed by atoms with Crippen LogP contribution in [0.25, 0.3) is 0 Å². The van der Waals surface area contributed by atoms with Gasteiger partial charge in [0.15, 0.2) is 5.78 Å². The molecule has 0 aliphatic rings. The molecule has 136 valence electrons. The Morgan fingerprint density at radius 1 is 1.15 bits per heavy atom. The molecule has 0 fully saturated rings. The van der Waals surface area contributed by atoms with Crippen LogP contribution in [-0.4, -0.2) is 27.6 Å². The van der Waals surface area contributed by atoms with Gasteiger partial charge in [-0.3, -0.25) is 14.6 Å². The van der Waals surface area contributed by atoms with Crippen LogP contribution in [0.3, 0.4) is 0 Å². The van der Waals surface area contributed by atoms with Gasteiger partial charge in [0, 0.05) is 13.5 Å².